The zero-order chi connectivity index (χ0) is 12.1. The maximum absolute atomic E-state index is 12.6. The lowest BCUT2D eigenvalue weighted by atomic mass is 10.1. The summed E-state index contributed by atoms with van der Waals surface area (Å²) in [6.07, 6.45) is 2.39. The highest BCUT2D eigenvalue weighted by Gasteiger charge is 2.21. The fourth-order valence-electron chi connectivity index (χ4n) is 1.93. The van der Waals surface area contributed by atoms with Crippen molar-refractivity contribution in [3.8, 4) is 5.75 Å². The average molecular weight is 237 g/mol. The average Bonchev–Trinajstić information content (AvgIpc) is 2.85. The van der Waals surface area contributed by atoms with Crippen molar-refractivity contribution in [3.05, 3.63) is 30.1 Å². The van der Waals surface area contributed by atoms with Gasteiger partial charge in [0.1, 0.15) is 11.6 Å². The van der Waals surface area contributed by atoms with Gasteiger partial charge in [0.25, 0.3) is 0 Å². The van der Waals surface area contributed by atoms with Gasteiger partial charge in [-0.3, -0.25) is 4.79 Å². The third kappa shape index (κ3) is 3.53. The summed E-state index contributed by atoms with van der Waals surface area (Å²) in [6, 6.07) is 5.82. The van der Waals surface area contributed by atoms with Crippen molar-refractivity contribution in [2.75, 3.05) is 13.2 Å². The summed E-state index contributed by atoms with van der Waals surface area (Å²) in [5.74, 6) is 0.506. The molecule has 0 spiro atoms. The summed E-state index contributed by atoms with van der Waals surface area (Å²) in [6.45, 7) is 1.28. The van der Waals surface area contributed by atoms with Crippen molar-refractivity contribution < 1.29 is 13.9 Å². The van der Waals surface area contributed by atoms with Crippen LogP contribution in [0.2, 0.25) is 0 Å². The predicted octanol–water partition coefficient (Wildman–Crippen LogP) is 1.92. The first-order valence-corrected chi connectivity index (χ1v) is 5.90. The molecule has 0 aromatic heterocycles. The Morgan fingerprint density at radius 3 is 2.82 bits per heavy atom. The first-order valence-electron chi connectivity index (χ1n) is 5.90. The standard InChI is InChI=1S/C13H16FNO2/c14-10-3-5-11(6-4-10)17-9-7-13(16)12-2-1-8-15-12/h3-6,12,15H,1-2,7-9H2. The van der Waals surface area contributed by atoms with E-state index in [0.717, 1.165) is 19.4 Å². The molecule has 1 aromatic rings. The molecule has 0 radical (unpaired) electrons. The molecule has 1 aromatic carbocycles. The number of benzene rings is 1. The normalized spacial score (nSPS) is 19.2. The van der Waals surface area contributed by atoms with Crippen LogP contribution in [0.25, 0.3) is 0 Å². The van der Waals surface area contributed by atoms with Gasteiger partial charge in [-0.15, -0.1) is 0 Å². The molecule has 1 heterocycles. The molecule has 0 bridgehead atoms. The number of ketones is 1. The van der Waals surface area contributed by atoms with Crippen LogP contribution in [0.1, 0.15) is 19.3 Å². The van der Waals surface area contributed by atoms with E-state index in [2.05, 4.69) is 5.32 Å². The molecular weight excluding hydrogens is 221 g/mol. The first-order chi connectivity index (χ1) is 8.25. The molecular formula is C13H16FNO2. The number of nitrogens with one attached hydrogen (secondary N) is 1. The first kappa shape index (κ1) is 12.0. The second kappa shape index (κ2) is 5.77. The van der Waals surface area contributed by atoms with E-state index in [1.54, 1.807) is 12.1 Å². The van der Waals surface area contributed by atoms with E-state index in [-0.39, 0.29) is 17.6 Å². The van der Waals surface area contributed by atoms with Crippen LogP contribution in [-0.2, 0) is 4.79 Å². The van der Waals surface area contributed by atoms with Crippen LogP contribution in [-0.4, -0.2) is 25.0 Å². The zero-order valence-electron chi connectivity index (χ0n) is 9.62. The van der Waals surface area contributed by atoms with Gasteiger partial charge in [0.05, 0.1) is 12.6 Å². The Morgan fingerprint density at radius 1 is 1.41 bits per heavy atom. The molecule has 2 rings (SSSR count). The Kier molecular flexibility index (Phi) is 4.09. The summed E-state index contributed by atoms with van der Waals surface area (Å²) in [5.41, 5.74) is 0. The molecule has 1 aliphatic rings. The molecule has 17 heavy (non-hydrogen) atoms. The number of ether oxygens (including phenoxy) is 1. The summed E-state index contributed by atoms with van der Waals surface area (Å²) in [7, 11) is 0. The van der Waals surface area contributed by atoms with Crippen molar-refractivity contribution in [1.29, 1.82) is 0 Å². The van der Waals surface area contributed by atoms with Crippen molar-refractivity contribution in [3.63, 3.8) is 0 Å². The third-order valence-electron chi connectivity index (χ3n) is 2.88. The SMILES string of the molecule is O=C(CCOc1ccc(F)cc1)C1CCCN1. The van der Waals surface area contributed by atoms with Crippen LogP contribution in [0.5, 0.6) is 5.75 Å². The molecule has 1 saturated heterocycles. The summed E-state index contributed by atoms with van der Waals surface area (Å²) < 4.78 is 18.0. The van der Waals surface area contributed by atoms with Gasteiger partial charge in [-0.1, -0.05) is 0 Å². The van der Waals surface area contributed by atoms with Crippen LogP contribution >= 0.6 is 0 Å². The minimum atomic E-state index is -0.288. The number of carbonyl (C=O) groups excluding carboxylic acids is 1. The highest BCUT2D eigenvalue weighted by molar-refractivity contribution is 5.84. The number of carbonyl (C=O) groups is 1. The zero-order valence-corrected chi connectivity index (χ0v) is 9.62. The fourth-order valence-corrected chi connectivity index (χ4v) is 1.93. The van der Waals surface area contributed by atoms with Crippen LogP contribution < -0.4 is 10.1 Å². The lowest BCUT2D eigenvalue weighted by molar-refractivity contribution is -0.121. The van der Waals surface area contributed by atoms with Gasteiger partial charge in [-0.2, -0.15) is 0 Å². The number of rotatable bonds is 5. The largest absolute Gasteiger partial charge is 0.493 e. The highest BCUT2D eigenvalue weighted by atomic mass is 19.1. The number of Topliss-reactive ketones (excluding diaryl/α,β-unsaturated/α-hetero) is 1. The molecule has 0 aliphatic carbocycles. The van der Waals surface area contributed by atoms with Gasteiger partial charge in [0.15, 0.2) is 5.78 Å². The van der Waals surface area contributed by atoms with E-state index in [0.29, 0.717) is 18.8 Å². The van der Waals surface area contributed by atoms with E-state index in [1.807, 2.05) is 0 Å². The molecule has 1 N–H and O–H groups in total. The molecule has 3 nitrogen and oxygen atoms in total. The van der Waals surface area contributed by atoms with Crippen molar-refractivity contribution in [2.45, 2.75) is 25.3 Å². The number of hydrogen-bond acceptors (Lipinski definition) is 3. The van der Waals surface area contributed by atoms with Crippen molar-refractivity contribution in [1.82, 2.24) is 5.32 Å². The molecule has 0 saturated carbocycles. The van der Waals surface area contributed by atoms with Crippen LogP contribution in [0, 0.1) is 5.82 Å². The quantitative estimate of drug-likeness (QED) is 0.850. The number of hydrogen-bond donors (Lipinski definition) is 1. The van der Waals surface area contributed by atoms with Crippen LogP contribution in [0.3, 0.4) is 0 Å². The topological polar surface area (TPSA) is 38.3 Å². The predicted molar refractivity (Wildman–Crippen MR) is 62.5 cm³/mol. The minimum Gasteiger partial charge on any atom is -0.493 e. The molecule has 0 amide bonds. The van der Waals surface area contributed by atoms with Crippen LogP contribution in [0.4, 0.5) is 4.39 Å². The van der Waals surface area contributed by atoms with Gasteiger partial charge in [-0.05, 0) is 43.7 Å². The second-order valence-electron chi connectivity index (χ2n) is 4.17. The Morgan fingerprint density at radius 2 is 2.18 bits per heavy atom. The Labute approximate surface area is 100.0 Å². The summed E-state index contributed by atoms with van der Waals surface area (Å²) in [4.78, 5) is 11.7. The second-order valence-corrected chi connectivity index (χ2v) is 4.17. The van der Waals surface area contributed by atoms with Crippen LogP contribution in [0.15, 0.2) is 24.3 Å². The summed E-state index contributed by atoms with van der Waals surface area (Å²) >= 11 is 0. The highest BCUT2D eigenvalue weighted by Crippen LogP contribution is 2.12. The Bertz CT molecular complexity index is 372. The number of halogens is 1. The lowest BCUT2D eigenvalue weighted by Crippen LogP contribution is -2.31. The van der Waals surface area contributed by atoms with E-state index in [9.17, 15) is 9.18 Å². The Hall–Kier alpha value is -1.42. The molecule has 1 aliphatic heterocycles. The van der Waals surface area contributed by atoms with Crippen molar-refractivity contribution >= 4 is 5.78 Å². The molecule has 4 heteroatoms. The van der Waals surface area contributed by atoms with E-state index >= 15 is 0 Å². The smallest absolute Gasteiger partial charge is 0.153 e. The monoisotopic (exact) mass is 237 g/mol. The summed E-state index contributed by atoms with van der Waals surface area (Å²) in [5, 5.41) is 3.16. The Balaban J connectivity index is 1.72. The third-order valence-corrected chi connectivity index (χ3v) is 2.88. The maximum Gasteiger partial charge on any atom is 0.153 e. The minimum absolute atomic E-state index is 0.00631. The van der Waals surface area contributed by atoms with Gasteiger partial charge in [-0.25, -0.2) is 4.39 Å². The van der Waals surface area contributed by atoms with E-state index in [4.69, 9.17) is 4.74 Å². The van der Waals surface area contributed by atoms with Gasteiger partial charge in [0, 0.05) is 6.42 Å². The van der Waals surface area contributed by atoms with E-state index in [1.165, 1.54) is 12.1 Å². The molecule has 1 unspecified atom stereocenters. The van der Waals surface area contributed by atoms with E-state index < -0.39 is 0 Å². The van der Waals surface area contributed by atoms with Crippen molar-refractivity contribution in [2.24, 2.45) is 0 Å². The van der Waals surface area contributed by atoms with Gasteiger partial charge >= 0.3 is 0 Å². The van der Waals surface area contributed by atoms with Gasteiger partial charge < -0.3 is 10.1 Å². The molecule has 1 atom stereocenters. The maximum atomic E-state index is 12.6. The molecule has 1 fully saturated rings. The lowest BCUT2D eigenvalue weighted by Gasteiger charge is -2.09. The molecule has 92 valence electrons. The van der Waals surface area contributed by atoms with Gasteiger partial charge in [0.2, 0.25) is 0 Å². The fraction of sp³-hybridized carbons (Fsp3) is 0.462.